The summed E-state index contributed by atoms with van der Waals surface area (Å²) in [4.78, 5) is 12.7. The van der Waals surface area contributed by atoms with Gasteiger partial charge in [0.05, 0.1) is 6.42 Å². The van der Waals surface area contributed by atoms with E-state index in [0.717, 1.165) is 27.6 Å². The van der Waals surface area contributed by atoms with Crippen molar-refractivity contribution in [2.45, 2.75) is 23.3 Å². The number of thiocarbonyl (C=S) groups is 1. The van der Waals surface area contributed by atoms with E-state index >= 15 is 0 Å². The molecule has 0 aliphatic carbocycles. The smallest absolute Gasteiger partial charge is 0.228 e. The van der Waals surface area contributed by atoms with Crippen LogP contribution in [0.4, 0.5) is 5.69 Å². The molecule has 1 atom stereocenters. The van der Waals surface area contributed by atoms with Crippen LogP contribution in [0.3, 0.4) is 0 Å². The van der Waals surface area contributed by atoms with Gasteiger partial charge in [0.25, 0.3) is 0 Å². The zero-order chi connectivity index (χ0) is 21.7. The Bertz CT molecular complexity index is 1050. The van der Waals surface area contributed by atoms with E-state index in [1.165, 1.54) is 0 Å². The van der Waals surface area contributed by atoms with Gasteiger partial charge in [0, 0.05) is 5.69 Å². The number of nitrogens with one attached hydrogen (secondary N) is 3. The molecule has 0 spiro atoms. The van der Waals surface area contributed by atoms with E-state index in [9.17, 15) is 4.79 Å². The fraction of sp³-hybridized carbons (Fsp3) is 0.182. The SMILES string of the molecule is Cc1ccc(NC(=S)NC(NC(=O)Cc2cccc3ccccc23)C(Cl)(Cl)Cl)cc1. The molecule has 3 aromatic rings. The van der Waals surface area contributed by atoms with Crippen LogP contribution in [0.15, 0.2) is 66.7 Å². The lowest BCUT2D eigenvalue weighted by Gasteiger charge is -2.28. The molecular weight excluding hydrogens is 461 g/mol. The van der Waals surface area contributed by atoms with E-state index in [-0.39, 0.29) is 17.4 Å². The summed E-state index contributed by atoms with van der Waals surface area (Å²) in [5.74, 6) is -0.298. The Morgan fingerprint density at radius 1 is 0.967 bits per heavy atom. The van der Waals surface area contributed by atoms with Crippen LogP contribution in [-0.4, -0.2) is 21.0 Å². The van der Waals surface area contributed by atoms with Crippen LogP contribution in [0.5, 0.6) is 0 Å². The zero-order valence-electron chi connectivity index (χ0n) is 16.1. The van der Waals surface area contributed by atoms with Crippen molar-refractivity contribution < 1.29 is 4.79 Å². The van der Waals surface area contributed by atoms with Crippen LogP contribution in [0.1, 0.15) is 11.1 Å². The van der Waals surface area contributed by atoms with E-state index in [1.54, 1.807) is 0 Å². The Morgan fingerprint density at radius 3 is 2.33 bits per heavy atom. The van der Waals surface area contributed by atoms with Crippen molar-refractivity contribution in [3.63, 3.8) is 0 Å². The van der Waals surface area contributed by atoms with Gasteiger partial charge in [-0.05, 0) is 47.6 Å². The third-order valence-corrected chi connectivity index (χ3v) is 5.32. The van der Waals surface area contributed by atoms with Crippen LogP contribution in [0.25, 0.3) is 10.8 Å². The number of amides is 1. The first kappa shape index (κ1) is 22.6. The van der Waals surface area contributed by atoms with Gasteiger partial charge in [-0.15, -0.1) is 0 Å². The number of benzene rings is 3. The largest absolute Gasteiger partial charge is 0.339 e. The molecule has 0 bridgehead atoms. The second-order valence-corrected chi connectivity index (χ2v) is 9.60. The van der Waals surface area contributed by atoms with Crippen molar-refractivity contribution in [3.05, 3.63) is 77.9 Å². The minimum absolute atomic E-state index is 0.137. The van der Waals surface area contributed by atoms with Crippen LogP contribution < -0.4 is 16.0 Å². The predicted octanol–water partition coefficient (Wildman–Crippen LogP) is 5.49. The van der Waals surface area contributed by atoms with Gasteiger partial charge < -0.3 is 16.0 Å². The van der Waals surface area contributed by atoms with Gasteiger partial charge in [0.2, 0.25) is 9.70 Å². The Morgan fingerprint density at radius 2 is 1.63 bits per heavy atom. The number of carbonyl (C=O) groups excluding carboxylic acids is 1. The molecule has 0 aliphatic rings. The van der Waals surface area contributed by atoms with Gasteiger partial charge >= 0.3 is 0 Å². The lowest BCUT2D eigenvalue weighted by atomic mass is 10.0. The molecule has 3 rings (SSSR count). The van der Waals surface area contributed by atoms with Crippen molar-refractivity contribution in [1.29, 1.82) is 0 Å². The molecule has 0 radical (unpaired) electrons. The number of anilines is 1. The first-order valence-electron chi connectivity index (χ1n) is 9.19. The Balaban J connectivity index is 1.67. The number of aryl methyl sites for hydroxylation is 1. The second-order valence-electron chi connectivity index (χ2n) is 6.82. The molecular formula is C22H20Cl3N3OS. The van der Waals surface area contributed by atoms with Gasteiger partial charge in [-0.2, -0.15) is 0 Å². The molecule has 3 N–H and O–H groups in total. The Hall–Kier alpha value is -2.05. The lowest BCUT2D eigenvalue weighted by Crippen LogP contribution is -2.56. The van der Waals surface area contributed by atoms with Crippen LogP contribution in [-0.2, 0) is 11.2 Å². The first-order chi connectivity index (χ1) is 14.2. The van der Waals surface area contributed by atoms with Crippen LogP contribution >= 0.6 is 47.0 Å². The summed E-state index contributed by atoms with van der Waals surface area (Å²) in [5, 5.41) is 10.9. The standard InChI is InChI=1S/C22H20Cl3N3OS/c1-14-9-11-17(12-10-14)26-21(30)28-20(22(23,24)25)27-19(29)13-16-7-4-6-15-5-2-3-8-18(15)16/h2-12,20H,13H2,1H3,(H,27,29)(H2,26,28,30). The van der Waals surface area contributed by atoms with Crippen LogP contribution in [0.2, 0.25) is 0 Å². The number of hydrogen-bond donors (Lipinski definition) is 3. The molecule has 0 fully saturated rings. The lowest BCUT2D eigenvalue weighted by molar-refractivity contribution is -0.121. The summed E-state index contributed by atoms with van der Waals surface area (Å²) in [5.41, 5.74) is 2.79. The molecule has 0 aromatic heterocycles. The van der Waals surface area contributed by atoms with Gasteiger partial charge in [-0.3, -0.25) is 4.79 Å². The normalized spacial score (nSPS) is 12.3. The highest BCUT2D eigenvalue weighted by atomic mass is 35.6. The quantitative estimate of drug-likeness (QED) is 0.257. The average Bonchev–Trinajstić information content (AvgIpc) is 2.69. The number of carbonyl (C=O) groups is 1. The minimum atomic E-state index is -1.81. The number of hydrogen-bond acceptors (Lipinski definition) is 2. The zero-order valence-corrected chi connectivity index (χ0v) is 19.2. The molecule has 3 aromatic carbocycles. The van der Waals surface area contributed by atoms with E-state index < -0.39 is 9.96 Å². The third kappa shape index (κ3) is 6.22. The molecule has 1 amide bonds. The van der Waals surface area contributed by atoms with E-state index in [1.807, 2.05) is 73.7 Å². The number of fused-ring (bicyclic) bond motifs is 1. The maximum Gasteiger partial charge on any atom is 0.228 e. The summed E-state index contributed by atoms with van der Waals surface area (Å²) in [6.07, 6.45) is -0.881. The average molecular weight is 481 g/mol. The molecule has 0 saturated heterocycles. The van der Waals surface area contributed by atoms with Crippen molar-refractivity contribution in [2.24, 2.45) is 0 Å². The molecule has 0 aliphatic heterocycles. The highest BCUT2D eigenvalue weighted by Crippen LogP contribution is 2.29. The molecule has 4 nitrogen and oxygen atoms in total. The monoisotopic (exact) mass is 479 g/mol. The minimum Gasteiger partial charge on any atom is -0.339 e. The maximum absolute atomic E-state index is 12.7. The summed E-state index contributed by atoms with van der Waals surface area (Å²) < 4.78 is -1.81. The summed E-state index contributed by atoms with van der Waals surface area (Å²) >= 11 is 23.5. The Kier molecular flexibility index (Phi) is 7.42. The fourth-order valence-electron chi connectivity index (χ4n) is 2.97. The van der Waals surface area contributed by atoms with E-state index in [2.05, 4.69) is 16.0 Å². The topological polar surface area (TPSA) is 53.2 Å². The van der Waals surface area contributed by atoms with Crippen molar-refractivity contribution in [1.82, 2.24) is 10.6 Å². The van der Waals surface area contributed by atoms with Gasteiger partial charge in [-0.1, -0.05) is 95.0 Å². The fourth-order valence-corrected chi connectivity index (χ4v) is 3.53. The van der Waals surface area contributed by atoms with Crippen molar-refractivity contribution in [3.8, 4) is 0 Å². The molecule has 156 valence electrons. The highest BCUT2D eigenvalue weighted by Gasteiger charge is 2.34. The summed E-state index contributed by atoms with van der Waals surface area (Å²) in [6.45, 7) is 1.99. The highest BCUT2D eigenvalue weighted by molar-refractivity contribution is 7.80. The van der Waals surface area contributed by atoms with E-state index in [0.29, 0.717) is 0 Å². The van der Waals surface area contributed by atoms with Crippen LogP contribution in [0, 0.1) is 6.92 Å². The first-order valence-corrected chi connectivity index (χ1v) is 10.7. The van der Waals surface area contributed by atoms with Gasteiger partial charge in [0.15, 0.2) is 5.11 Å². The van der Waals surface area contributed by atoms with E-state index in [4.69, 9.17) is 47.0 Å². The number of halogens is 3. The summed E-state index contributed by atoms with van der Waals surface area (Å²) in [7, 11) is 0. The number of alkyl halides is 3. The molecule has 8 heteroatoms. The molecule has 0 saturated carbocycles. The van der Waals surface area contributed by atoms with Crippen molar-refractivity contribution >= 4 is 74.5 Å². The summed E-state index contributed by atoms with van der Waals surface area (Å²) in [6, 6.07) is 21.3. The Labute approximate surface area is 195 Å². The molecule has 1 unspecified atom stereocenters. The number of rotatable bonds is 5. The second kappa shape index (κ2) is 9.84. The van der Waals surface area contributed by atoms with Gasteiger partial charge in [0.1, 0.15) is 6.17 Å². The third-order valence-electron chi connectivity index (χ3n) is 4.45. The predicted molar refractivity (Wildman–Crippen MR) is 130 cm³/mol. The van der Waals surface area contributed by atoms with Crippen molar-refractivity contribution in [2.75, 3.05) is 5.32 Å². The molecule has 30 heavy (non-hydrogen) atoms. The maximum atomic E-state index is 12.7. The molecule has 0 heterocycles. The van der Waals surface area contributed by atoms with Gasteiger partial charge in [-0.25, -0.2) is 0 Å².